The van der Waals surface area contributed by atoms with Gasteiger partial charge in [0.1, 0.15) is 0 Å². The summed E-state index contributed by atoms with van der Waals surface area (Å²) in [6, 6.07) is 8.85. The van der Waals surface area contributed by atoms with Gasteiger partial charge in [-0.3, -0.25) is 0 Å². The van der Waals surface area contributed by atoms with Crippen LogP contribution in [0, 0.1) is 0 Å². The number of rotatable bonds is 4. The Morgan fingerprint density at radius 2 is 2.14 bits per heavy atom. The van der Waals surface area contributed by atoms with E-state index in [-0.39, 0.29) is 0 Å². The van der Waals surface area contributed by atoms with Crippen molar-refractivity contribution in [2.45, 2.75) is 32.2 Å². The second-order valence-corrected chi connectivity index (χ2v) is 6.87. The number of nitrogens with zero attached hydrogens (tertiary/aromatic N) is 2. The number of benzene rings is 1. The molecule has 1 fully saturated rings. The normalized spacial score (nSPS) is 19.1. The maximum absolute atomic E-state index is 5.39. The average molecular weight is 303 g/mol. The van der Waals surface area contributed by atoms with E-state index in [1.807, 2.05) is 11.8 Å². The molecule has 1 aliphatic heterocycles. The molecule has 3 rings (SSSR count). The van der Waals surface area contributed by atoms with Crippen molar-refractivity contribution >= 4 is 11.8 Å². The Kier molecular flexibility index (Phi) is 4.60. The highest BCUT2D eigenvalue weighted by molar-refractivity contribution is 7.99. The molecule has 5 heteroatoms. The maximum Gasteiger partial charge on any atom is 0.228 e. The van der Waals surface area contributed by atoms with Crippen molar-refractivity contribution in [1.29, 1.82) is 0 Å². The first-order valence-corrected chi connectivity index (χ1v) is 8.62. The van der Waals surface area contributed by atoms with Gasteiger partial charge in [0.15, 0.2) is 0 Å². The first-order valence-electron chi connectivity index (χ1n) is 7.46. The van der Waals surface area contributed by atoms with Gasteiger partial charge < -0.3 is 9.84 Å². The van der Waals surface area contributed by atoms with Crippen LogP contribution in [0.3, 0.4) is 0 Å². The zero-order valence-electron chi connectivity index (χ0n) is 12.5. The van der Waals surface area contributed by atoms with Crippen LogP contribution in [0.25, 0.3) is 11.4 Å². The van der Waals surface area contributed by atoms with Crippen LogP contribution in [0.4, 0.5) is 0 Å². The van der Waals surface area contributed by atoms with E-state index >= 15 is 0 Å². The van der Waals surface area contributed by atoms with Crippen LogP contribution >= 0.6 is 11.8 Å². The van der Waals surface area contributed by atoms with E-state index in [4.69, 9.17) is 4.52 Å². The Hall–Kier alpha value is -1.33. The second kappa shape index (κ2) is 6.62. The molecule has 1 atom stereocenters. The van der Waals surface area contributed by atoms with E-state index in [2.05, 4.69) is 53.6 Å². The summed E-state index contributed by atoms with van der Waals surface area (Å²) < 4.78 is 5.39. The monoisotopic (exact) mass is 303 g/mol. The Balaban J connectivity index is 1.69. The Labute approximate surface area is 129 Å². The first kappa shape index (κ1) is 14.6. The first-order chi connectivity index (χ1) is 10.2. The number of thioether (sulfide) groups is 1. The van der Waals surface area contributed by atoms with Crippen LogP contribution in [-0.2, 0) is 6.42 Å². The van der Waals surface area contributed by atoms with Gasteiger partial charge in [-0.2, -0.15) is 16.7 Å². The van der Waals surface area contributed by atoms with Gasteiger partial charge in [-0.15, -0.1) is 0 Å². The molecular formula is C16H21N3OS. The molecule has 112 valence electrons. The zero-order chi connectivity index (χ0) is 14.7. The lowest BCUT2D eigenvalue weighted by molar-refractivity contribution is 0.363. The summed E-state index contributed by atoms with van der Waals surface area (Å²) in [5, 5.41) is 7.59. The van der Waals surface area contributed by atoms with Crippen molar-refractivity contribution in [3.05, 3.63) is 35.7 Å². The van der Waals surface area contributed by atoms with E-state index < -0.39 is 0 Å². The van der Waals surface area contributed by atoms with E-state index in [9.17, 15) is 0 Å². The molecule has 1 saturated heterocycles. The quantitative estimate of drug-likeness (QED) is 0.940. The Morgan fingerprint density at radius 1 is 1.33 bits per heavy atom. The van der Waals surface area contributed by atoms with Crippen molar-refractivity contribution < 1.29 is 4.52 Å². The van der Waals surface area contributed by atoms with Crippen molar-refractivity contribution in [2.24, 2.45) is 0 Å². The summed E-state index contributed by atoms with van der Waals surface area (Å²) >= 11 is 1.98. The molecule has 1 N–H and O–H groups in total. The second-order valence-electron chi connectivity index (χ2n) is 5.72. The summed E-state index contributed by atoms with van der Waals surface area (Å²) in [6.07, 6.45) is 0.810. The van der Waals surface area contributed by atoms with E-state index in [0.717, 1.165) is 30.2 Å². The lowest BCUT2D eigenvalue weighted by atomic mass is 10.0. The minimum Gasteiger partial charge on any atom is -0.339 e. The molecule has 21 heavy (non-hydrogen) atoms. The third-order valence-electron chi connectivity index (χ3n) is 3.72. The fourth-order valence-electron chi connectivity index (χ4n) is 2.43. The highest BCUT2D eigenvalue weighted by atomic mass is 32.2. The van der Waals surface area contributed by atoms with Gasteiger partial charge in [0, 0.05) is 36.1 Å². The molecule has 0 saturated carbocycles. The molecule has 2 heterocycles. The zero-order valence-corrected chi connectivity index (χ0v) is 13.3. The molecule has 1 unspecified atom stereocenters. The molecular weight excluding hydrogens is 282 g/mol. The van der Waals surface area contributed by atoms with Crippen LogP contribution in [0.1, 0.15) is 31.2 Å². The Morgan fingerprint density at radius 3 is 2.81 bits per heavy atom. The molecule has 0 aliphatic carbocycles. The minimum absolute atomic E-state index is 0.445. The van der Waals surface area contributed by atoms with E-state index in [1.54, 1.807) is 0 Å². The van der Waals surface area contributed by atoms with Crippen LogP contribution < -0.4 is 5.32 Å². The summed E-state index contributed by atoms with van der Waals surface area (Å²) in [6.45, 7) is 5.44. The lowest BCUT2D eigenvalue weighted by Gasteiger charge is -2.21. The standard InChI is InChI=1S/C16H21N3OS/c1-11(2)12-3-5-13(6-4-12)16-18-15(20-19-16)9-14-10-21-8-7-17-14/h3-6,11,14,17H,7-10H2,1-2H3. The highest BCUT2D eigenvalue weighted by Crippen LogP contribution is 2.21. The highest BCUT2D eigenvalue weighted by Gasteiger charge is 2.17. The van der Waals surface area contributed by atoms with Gasteiger partial charge in [0.05, 0.1) is 0 Å². The molecule has 2 aromatic rings. The van der Waals surface area contributed by atoms with Crippen molar-refractivity contribution in [3.63, 3.8) is 0 Å². The summed E-state index contributed by atoms with van der Waals surface area (Å²) in [4.78, 5) is 4.52. The molecule has 1 aromatic heterocycles. The molecule has 0 amide bonds. The molecule has 1 aromatic carbocycles. The third kappa shape index (κ3) is 3.66. The predicted octanol–water partition coefficient (Wildman–Crippen LogP) is 3.11. The van der Waals surface area contributed by atoms with Gasteiger partial charge in [-0.25, -0.2) is 0 Å². The average Bonchev–Trinajstić information content (AvgIpc) is 2.97. The molecule has 1 aliphatic rings. The van der Waals surface area contributed by atoms with Crippen molar-refractivity contribution in [2.75, 3.05) is 18.1 Å². The van der Waals surface area contributed by atoms with Gasteiger partial charge in [-0.05, 0) is 11.5 Å². The van der Waals surface area contributed by atoms with Crippen LogP contribution in [0.5, 0.6) is 0 Å². The largest absolute Gasteiger partial charge is 0.339 e. The number of nitrogens with one attached hydrogen (secondary N) is 1. The number of hydrogen-bond donors (Lipinski definition) is 1. The SMILES string of the molecule is CC(C)c1ccc(-c2noc(CC3CSCCN3)n2)cc1. The summed E-state index contributed by atoms with van der Waals surface area (Å²) in [5.74, 6) is 4.24. The molecule has 0 bridgehead atoms. The fourth-order valence-corrected chi connectivity index (χ4v) is 3.38. The smallest absolute Gasteiger partial charge is 0.228 e. The molecule has 0 radical (unpaired) electrons. The Bertz CT molecular complexity index is 573. The van der Waals surface area contributed by atoms with Gasteiger partial charge in [0.25, 0.3) is 0 Å². The topological polar surface area (TPSA) is 51.0 Å². The maximum atomic E-state index is 5.39. The van der Waals surface area contributed by atoms with Crippen molar-refractivity contribution in [1.82, 2.24) is 15.5 Å². The summed E-state index contributed by atoms with van der Waals surface area (Å²) in [7, 11) is 0. The minimum atomic E-state index is 0.445. The summed E-state index contributed by atoms with van der Waals surface area (Å²) in [5.41, 5.74) is 2.34. The van der Waals surface area contributed by atoms with Crippen LogP contribution in [-0.4, -0.2) is 34.2 Å². The van der Waals surface area contributed by atoms with Crippen LogP contribution in [0.2, 0.25) is 0 Å². The molecule has 0 spiro atoms. The molecule has 4 nitrogen and oxygen atoms in total. The van der Waals surface area contributed by atoms with E-state index in [0.29, 0.717) is 17.8 Å². The predicted molar refractivity (Wildman–Crippen MR) is 86.6 cm³/mol. The third-order valence-corrected chi connectivity index (χ3v) is 4.85. The lowest BCUT2D eigenvalue weighted by Crippen LogP contribution is -2.38. The van der Waals surface area contributed by atoms with Gasteiger partial charge in [0.2, 0.25) is 11.7 Å². The number of aromatic nitrogens is 2. The van der Waals surface area contributed by atoms with Crippen LogP contribution in [0.15, 0.2) is 28.8 Å². The number of hydrogen-bond acceptors (Lipinski definition) is 5. The van der Waals surface area contributed by atoms with Gasteiger partial charge in [-0.1, -0.05) is 43.3 Å². The van der Waals surface area contributed by atoms with Gasteiger partial charge >= 0.3 is 0 Å². The fraction of sp³-hybridized carbons (Fsp3) is 0.500. The van der Waals surface area contributed by atoms with E-state index in [1.165, 1.54) is 11.3 Å². The van der Waals surface area contributed by atoms with Crippen molar-refractivity contribution in [3.8, 4) is 11.4 Å².